The van der Waals surface area contributed by atoms with Gasteiger partial charge in [-0.3, -0.25) is 0 Å². The highest BCUT2D eigenvalue weighted by Gasteiger charge is 2.22. The number of hydrogen-bond acceptors (Lipinski definition) is 2. The van der Waals surface area contributed by atoms with Crippen molar-refractivity contribution in [3.8, 4) is 0 Å². The third-order valence-corrected chi connectivity index (χ3v) is 3.91. The molecule has 102 valence electrons. The van der Waals surface area contributed by atoms with E-state index in [4.69, 9.17) is 0 Å². The maximum absolute atomic E-state index is 9.34. The smallest absolute Gasteiger partial charge is 0.0587 e. The molecule has 0 bridgehead atoms. The third kappa shape index (κ3) is 4.38. The van der Waals surface area contributed by atoms with Gasteiger partial charge in [0.1, 0.15) is 0 Å². The quantitative estimate of drug-likeness (QED) is 0.844. The Morgan fingerprint density at radius 2 is 2.00 bits per heavy atom. The molecule has 1 rings (SSSR count). The summed E-state index contributed by atoms with van der Waals surface area (Å²) in [5.74, 6) is 0.438. The van der Waals surface area contributed by atoms with Gasteiger partial charge in [0.15, 0.2) is 0 Å². The van der Waals surface area contributed by atoms with Gasteiger partial charge < -0.3 is 10.4 Å². The molecule has 0 fully saturated rings. The first-order chi connectivity index (χ1) is 8.36. The third-order valence-electron chi connectivity index (χ3n) is 3.41. The van der Waals surface area contributed by atoms with Gasteiger partial charge in [-0.25, -0.2) is 0 Å². The summed E-state index contributed by atoms with van der Waals surface area (Å²) >= 11 is 3.51. The first-order valence-electron chi connectivity index (χ1n) is 6.47. The van der Waals surface area contributed by atoms with E-state index in [1.54, 1.807) is 0 Å². The summed E-state index contributed by atoms with van der Waals surface area (Å²) in [4.78, 5) is 0. The maximum atomic E-state index is 9.34. The molecule has 0 aromatic heterocycles. The molecule has 2 nitrogen and oxygen atoms in total. The molecule has 1 aromatic rings. The molecule has 1 unspecified atom stereocenters. The van der Waals surface area contributed by atoms with Crippen molar-refractivity contribution in [2.45, 2.75) is 39.2 Å². The number of halogens is 1. The molecule has 0 saturated heterocycles. The lowest BCUT2D eigenvalue weighted by molar-refractivity contribution is 0.204. The molecule has 1 atom stereocenters. The van der Waals surface area contributed by atoms with Crippen LogP contribution in [0.4, 0.5) is 0 Å². The van der Waals surface area contributed by atoms with Gasteiger partial charge in [0.05, 0.1) is 6.61 Å². The monoisotopic (exact) mass is 313 g/mol. The number of aliphatic hydroxyl groups excluding tert-OH is 1. The molecule has 0 radical (unpaired) electrons. The Bertz CT molecular complexity index is 377. The summed E-state index contributed by atoms with van der Waals surface area (Å²) < 4.78 is 1.11. The van der Waals surface area contributed by atoms with Crippen LogP contribution in [0.15, 0.2) is 28.7 Å². The van der Waals surface area contributed by atoms with Crippen LogP contribution >= 0.6 is 15.9 Å². The van der Waals surface area contributed by atoms with Gasteiger partial charge in [-0.1, -0.05) is 55.8 Å². The predicted molar refractivity (Wildman–Crippen MR) is 80.9 cm³/mol. The van der Waals surface area contributed by atoms with Gasteiger partial charge in [-0.15, -0.1) is 0 Å². The van der Waals surface area contributed by atoms with Gasteiger partial charge >= 0.3 is 0 Å². The van der Waals surface area contributed by atoms with Crippen molar-refractivity contribution in [2.75, 3.05) is 13.2 Å². The van der Waals surface area contributed by atoms with Crippen molar-refractivity contribution >= 4 is 15.9 Å². The molecule has 0 aliphatic carbocycles. The Morgan fingerprint density at radius 1 is 1.33 bits per heavy atom. The van der Waals surface area contributed by atoms with E-state index in [1.165, 1.54) is 5.56 Å². The molecule has 0 aliphatic heterocycles. The summed E-state index contributed by atoms with van der Waals surface area (Å²) in [6.45, 7) is 9.73. The topological polar surface area (TPSA) is 32.3 Å². The molecule has 0 amide bonds. The Labute approximate surface area is 119 Å². The number of rotatable bonds is 6. The lowest BCUT2D eigenvalue weighted by Crippen LogP contribution is -2.43. The molecular weight excluding hydrogens is 290 g/mol. The average molecular weight is 314 g/mol. The molecule has 2 N–H and O–H groups in total. The van der Waals surface area contributed by atoms with Gasteiger partial charge in [-0.2, -0.15) is 0 Å². The zero-order valence-electron chi connectivity index (χ0n) is 11.7. The molecule has 0 heterocycles. The van der Waals surface area contributed by atoms with Crippen LogP contribution < -0.4 is 5.32 Å². The second-order valence-electron chi connectivity index (χ2n) is 5.81. The van der Waals surface area contributed by atoms with Crippen LogP contribution in [0.3, 0.4) is 0 Å². The molecule has 0 saturated carbocycles. The van der Waals surface area contributed by atoms with Gasteiger partial charge in [0.2, 0.25) is 0 Å². The summed E-state index contributed by atoms with van der Waals surface area (Å²) in [6, 6.07) is 8.57. The van der Waals surface area contributed by atoms with Crippen molar-refractivity contribution in [3.05, 3.63) is 34.3 Å². The van der Waals surface area contributed by atoms with E-state index in [0.717, 1.165) is 11.0 Å². The van der Waals surface area contributed by atoms with Crippen molar-refractivity contribution < 1.29 is 5.11 Å². The van der Waals surface area contributed by atoms with E-state index in [1.807, 2.05) is 6.07 Å². The van der Waals surface area contributed by atoms with Gasteiger partial charge in [-0.05, 0) is 23.6 Å². The lowest BCUT2D eigenvalue weighted by atomic mass is 9.84. The molecule has 1 aromatic carbocycles. The summed E-state index contributed by atoms with van der Waals surface area (Å²) in [6.07, 6.45) is 0. The first kappa shape index (κ1) is 15.7. The normalized spacial score (nSPS) is 13.9. The largest absolute Gasteiger partial charge is 0.395 e. The second-order valence-corrected chi connectivity index (χ2v) is 6.72. The van der Waals surface area contributed by atoms with Crippen LogP contribution in [0.1, 0.15) is 33.3 Å². The van der Waals surface area contributed by atoms with Crippen LogP contribution in [0.5, 0.6) is 0 Å². The number of nitrogens with one attached hydrogen (secondary N) is 1. The van der Waals surface area contributed by atoms with E-state index >= 15 is 0 Å². The van der Waals surface area contributed by atoms with Gasteiger partial charge in [0, 0.05) is 22.5 Å². The molecular formula is C15H24BrNO. The van der Waals surface area contributed by atoms with Crippen LogP contribution in [0.25, 0.3) is 0 Å². The summed E-state index contributed by atoms with van der Waals surface area (Å²) in [7, 11) is 0. The lowest BCUT2D eigenvalue weighted by Gasteiger charge is -2.30. The van der Waals surface area contributed by atoms with Crippen LogP contribution in [0, 0.1) is 5.92 Å². The summed E-state index contributed by atoms with van der Waals surface area (Å²) in [5, 5.41) is 12.8. The van der Waals surface area contributed by atoms with Crippen molar-refractivity contribution in [3.63, 3.8) is 0 Å². The maximum Gasteiger partial charge on any atom is 0.0587 e. The zero-order valence-corrected chi connectivity index (χ0v) is 13.3. The molecule has 0 aliphatic rings. The second kappa shape index (κ2) is 6.69. The fourth-order valence-electron chi connectivity index (χ4n) is 1.91. The zero-order chi connectivity index (χ0) is 13.8. The number of benzene rings is 1. The van der Waals surface area contributed by atoms with E-state index in [0.29, 0.717) is 5.92 Å². The highest BCUT2D eigenvalue weighted by atomic mass is 79.9. The number of aliphatic hydroxyl groups is 1. The van der Waals surface area contributed by atoms with Gasteiger partial charge in [0.25, 0.3) is 0 Å². The van der Waals surface area contributed by atoms with E-state index in [-0.39, 0.29) is 18.1 Å². The van der Waals surface area contributed by atoms with E-state index in [2.05, 4.69) is 67.1 Å². The highest BCUT2D eigenvalue weighted by molar-refractivity contribution is 9.10. The Morgan fingerprint density at radius 3 is 2.50 bits per heavy atom. The van der Waals surface area contributed by atoms with Crippen LogP contribution in [0.2, 0.25) is 0 Å². The molecule has 18 heavy (non-hydrogen) atoms. The summed E-state index contributed by atoms with van der Waals surface area (Å²) in [5.41, 5.74) is 1.34. The Balaban J connectivity index is 2.70. The van der Waals surface area contributed by atoms with Crippen molar-refractivity contribution in [2.24, 2.45) is 5.92 Å². The van der Waals surface area contributed by atoms with Crippen LogP contribution in [-0.4, -0.2) is 24.3 Å². The van der Waals surface area contributed by atoms with Crippen molar-refractivity contribution in [1.29, 1.82) is 0 Å². The number of hydrogen-bond donors (Lipinski definition) is 2. The Kier molecular flexibility index (Phi) is 5.83. The highest BCUT2D eigenvalue weighted by Crippen LogP contribution is 2.25. The SMILES string of the molecule is CC(C)C(CO)NCC(C)(C)c1cccc(Br)c1. The molecule has 0 spiro atoms. The fourth-order valence-corrected chi connectivity index (χ4v) is 2.31. The average Bonchev–Trinajstić information content (AvgIpc) is 2.29. The standard InChI is InChI=1S/C15H24BrNO/c1-11(2)14(9-18)17-10-15(3,4)12-6-5-7-13(16)8-12/h5-8,11,14,17-18H,9-10H2,1-4H3. The van der Waals surface area contributed by atoms with Crippen LogP contribution in [-0.2, 0) is 5.41 Å². The van der Waals surface area contributed by atoms with E-state index < -0.39 is 0 Å². The minimum Gasteiger partial charge on any atom is -0.395 e. The fraction of sp³-hybridized carbons (Fsp3) is 0.600. The Hall–Kier alpha value is -0.380. The minimum absolute atomic E-state index is 0.0477. The minimum atomic E-state index is 0.0477. The first-order valence-corrected chi connectivity index (χ1v) is 7.26. The van der Waals surface area contributed by atoms with E-state index in [9.17, 15) is 5.11 Å². The predicted octanol–water partition coefficient (Wildman–Crippen LogP) is 3.33. The molecule has 3 heteroatoms. The van der Waals surface area contributed by atoms with Crippen molar-refractivity contribution in [1.82, 2.24) is 5.32 Å².